The summed E-state index contributed by atoms with van der Waals surface area (Å²) in [7, 11) is -3.60. The summed E-state index contributed by atoms with van der Waals surface area (Å²) in [4.78, 5) is 18.3. The predicted molar refractivity (Wildman–Crippen MR) is 92.6 cm³/mol. The molecule has 1 aromatic rings. The number of aromatic nitrogens is 2. The van der Waals surface area contributed by atoms with E-state index in [1.165, 1.54) is 6.42 Å². The van der Waals surface area contributed by atoms with Gasteiger partial charge in [-0.15, -0.1) is 0 Å². The molecule has 1 saturated heterocycles. The van der Waals surface area contributed by atoms with Gasteiger partial charge in [0.15, 0.2) is 15.7 Å². The normalized spacial score (nSPS) is 22.9. The zero-order valence-corrected chi connectivity index (χ0v) is 15.6. The van der Waals surface area contributed by atoms with Crippen LogP contribution in [0, 0.1) is 0 Å². The number of sulfone groups is 1. The minimum atomic E-state index is -3.60. The summed E-state index contributed by atoms with van der Waals surface area (Å²) >= 11 is 0. The molecule has 0 radical (unpaired) electrons. The number of likely N-dealkylation sites (tertiary alicyclic amines) is 1. The Balaban J connectivity index is 1.59. The third-order valence-electron chi connectivity index (χ3n) is 5.25. The van der Waals surface area contributed by atoms with Crippen LogP contribution in [0.15, 0.2) is 4.52 Å². The van der Waals surface area contributed by atoms with Crippen molar-refractivity contribution in [2.75, 3.05) is 12.3 Å². The fourth-order valence-corrected chi connectivity index (χ4v) is 4.98. The van der Waals surface area contributed by atoms with E-state index in [4.69, 9.17) is 4.52 Å². The number of carbonyl (C=O) groups is 1. The van der Waals surface area contributed by atoms with Crippen LogP contribution in [0.5, 0.6) is 0 Å². The second kappa shape index (κ2) is 7.85. The molecule has 0 N–H and O–H groups in total. The fourth-order valence-electron chi connectivity index (χ4n) is 3.83. The molecule has 140 valence electrons. The molecule has 1 aliphatic heterocycles. The van der Waals surface area contributed by atoms with Gasteiger partial charge in [0.2, 0.25) is 11.8 Å². The monoisotopic (exact) mass is 369 g/mol. The molecule has 1 amide bonds. The van der Waals surface area contributed by atoms with E-state index < -0.39 is 15.6 Å². The standard InChI is InChI=1S/C17H27N3O4S/c1-13-7-5-6-10-20(13)16(21)12-25(22,23)11-15-18-17(24-19-15)14-8-3-2-4-9-14/h13-14H,2-12H2,1H3. The Hall–Kier alpha value is -1.44. The van der Waals surface area contributed by atoms with E-state index in [2.05, 4.69) is 10.1 Å². The average molecular weight is 369 g/mol. The maximum absolute atomic E-state index is 12.4. The van der Waals surface area contributed by atoms with E-state index in [0.717, 1.165) is 44.9 Å². The number of hydrogen-bond donors (Lipinski definition) is 0. The highest BCUT2D eigenvalue weighted by atomic mass is 32.2. The number of amides is 1. The van der Waals surface area contributed by atoms with Crippen LogP contribution in [0.3, 0.4) is 0 Å². The lowest BCUT2D eigenvalue weighted by atomic mass is 9.89. The highest BCUT2D eigenvalue weighted by molar-refractivity contribution is 7.91. The van der Waals surface area contributed by atoms with Crippen LogP contribution in [-0.2, 0) is 20.4 Å². The second-order valence-corrected chi connectivity index (χ2v) is 9.41. The second-order valence-electron chi connectivity index (χ2n) is 7.35. The zero-order chi connectivity index (χ0) is 17.9. The van der Waals surface area contributed by atoms with Gasteiger partial charge in [-0.1, -0.05) is 24.4 Å². The van der Waals surface area contributed by atoms with Crippen molar-refractivity contribution in [2.45, 2.75) is 76.0 Å². The first-order chi connectivity index (χ1) is 11.9. The molecular weight excluding hydrogens is 342 g/mol. The average Bonchev–Trinajstić information content (AvgIpc) is 3.03. The van der Waals surface area contributed by atoms with Gasteiger partial charge in [-0.25, -0.2) is 8.42 Å². The zero-order valence-electron chi connectivity index (χ0n) is 14.8. The molecule has 25 heavy (non-hydrogen) atoms. The number of piperidine rings is 1. The summed E-state index contributed by atoms with van der Waals surface area (Å²) < 4.78 is 30.0. The van der Waals surface area contributed by atoms with Gasteiger partial charge in [-0.2, -0.15) is 4.98 Å². The molecule has 0 spiro atoms. The van der Waals surface area contributed by atoms with Crippen LogP contribution in [-0.4, -0.2) is 47.7 Å². The molecule has 1 atom stereocenters. The molecule has 2 aliphatic rings. The van der Waals surface area contributed by atoms with E-state index in [-0.39, 0.29) is 29.4 Å². The van der Waals surface area contributed by atoms with Gasteiger partial charge in [-0.05, 0) is 39.0 Å². The van der Waals surface area contributed by atoms with Gasteiger partial charge in [0.25, 0.3) is 0 Å². The van der Waals surface area contributed by atoms with Crippen molar-refractivity contribution in [1.29, 1.82) is 0 Å². The molecule has 0 aromatic carbocycles. The molecular formula is C17H27N3O4S. The van der Waals surface area contributed by atoms with Crippen molar-refractivity contribution in [2.24, 2.45) is 0 Å². The quantitative estimate of drug-likeness (QED) is 0.791. The first kappa shape index (κ1) is 18.4. The summed E-state index contributed by atoms with van der Waals surface area (Å²) in [5.74, 6) is -0.181. The van der Waals surface area contributed by atoms with Crippen molar-refractivity contribution in [3.63, 3.8) is 0 Å². The van der Waals surface area contributed by atoms with Crippen LogP contribution in [0.4, 0.5) is 0 Å². The summed E-state index contributed by atoms with van der Waals surface area (Å²) in [6.45, 7) is 2.61. The lowest BCUT2D eigenvalue weighted by molar-refractivity contribution is -0.131. The third-order valence-corrected chi connectivity index (χ3v) is 6.64. The molecule has 8 heteroatoms. The van der Waals surface area contributed by atoms with Gasteiger partial charge in [0.05, 0.1) is 0 Å². The Bertz CT molecular complexity index is 695. The number of hydrogen-bond acceptors (Lipinski definition) is 6. The molecule has 0 bridgehead atoms. The summed E-state index contributed by atoms with van der Waals surface area (Å²) in [5, 5.41) is 3.82. The Morgan fingerprint density at radius 1 is 1.16 bits per heavy atom. The smallest absolute Gasteiger partial charge is 0.238 e. The minimum Gasteiger partial charge on any atom is -0.339 e. The number of nitrogens with zero attached hydrogens (tertiary/aromatic N) is 3. The van der Waals surface area contributed by atoms with Crippen LogP contribution in [0.1, 0.15) is 75.9 Å². The summed E-state index contributed by atoms with van der Waals surface area (Å²) in [6, 6.07) is 0.111. The molecule has 7 nitrogen and oxygen atoms in total. The first-order valence-corrected chi connectivity index (χ1v) is 11.1. The van der Waals surface area contributed by atoms with Crippen LogP contribution < -0.4 is 0 Å². The lowest BCUT2D eigenvalue weighted by Gasteiger charge is -2.33. The fraction of sp³-hybridized carbons (Fsp3) is 0.824. The predicted octanol–water partition coefficient (Wildman–Crippen LogP) is 2.43. The molecule has 1 aromatic heterocycles. The molecule has 1 aliphatic carbocycles. The Labute approximate surface area is 149 Å². The largest absolute Gasteiger partial charge is 0.339 e. The molecule has 3 rings (SSSR count). The van der Waals surface area contributed by atoms with Gasteiger partial charge in [0, 0.05) is 18.5 Å². The molecule has 1 unspecified atom stereocenters. The maximum Gasteiger partial charge on any atom is 0.238 e. The van der Waals surface area contributed by atoms with Crippen molar-refractivity contribution in [1.82, 2.24) is 15.0 Å². The van der Waals surface area contributed by atoms with E-state index in [1.807, 2.05) is 6.92 Å². The number of carbonyl (C=O) groups excluding carboxylic acids is 1. The highest BCUT2D eigenvalue weighted by Gasteiger charge is 2.29. The van der Waals surface area contributed by atoms with Gasteiger partial charge in [0.1, 0.15) is 11.5 Å². The van der Waals surface area contributed by atoms with Crippen LogP contribution >= 0.6 is 0 Å². The summed E-state index contributed by atoms with van der Waals surface area (Å²) in [6.07, 6.45) is 8.49. The van der Waals surface area contributed by atoms with E-state index in [1.54, 1.807) is 4.90 Å². The Kier molecular flexibility index (Phi) is 5.76. The van der Waals surface area contributed by atoms with Gasteiger partial charge in [-0.3, -0.25) is 4.79 Å². The van der Waals surface area contributed by atoms with Crippen molar-refractivity contribution in [3.05, 3.63) is 11.7 Å². The first-order valence-electron chi connectivity index (χ1n) is 9.27. The highest BCUT2D eigenvalue weighted by Crippen LogP contribution is 2.31. The van der Waals surface area contributed by atoms with E-state index in [0.29, 0.717) is 12.4 Å². The van der Waals surface area contributed by atoms with Crippen LogP contribution in [0.25, 0.3) is 0 Å². The summed E-state index contributed by atoms with van der Waals surface area (Å²) in [5.41, 5.74) is 0. The maximum atomic E-state index is 12.4. The Morgan fingerprint density at radius 2 is 1.88 bits per heavy atom. The molecule has 2 heterocycles. The van der Waals surface area contributed by atoms with E-state index in [9.17, 15) is 13.2 Å². The lowest BCUT2D eigenvalue weighted by Crippen LogP contribution is -2.44. The SMILES string of the molecule is CC1CCCCN1C(=O)CS(=O)(=O)Cc1noc(C2CCCCC2)n1. The Morgan fingerprint density at radius 3 is 2.60 bits per heavy atom. The van der Waals surface area contributed by atoms with Crippen molar-refractivity contribution in [3.8, 4) is 0 Å². The van der Waals surface area contributed by atoms with Gasteiger partial charge >= 0.3 is 0 Å². The van der Waals surface area contributed by atoms with Gasteiger partial charge < -0.3 is 9.42 Å². The van der Waals surface area contributed by atoms with E-state index >= 15 is 0 Å². The minimum absolute atomic E-state index is 0.111. The van der Waals surface area contributed by atoms with Crippen molar-refractivity contribution < 1.29 is 17.7 Å². The molecule has 2 fully saturated rings. The van der Waals surface area contributed by atoms with Crippen LogP contribution in [0.2, 0.25) is 0 Å². The third kappa shape index (κ3) is 4.80. The number of rotatable bonds is 5. The van der Waals surface area contributed by atoms with Crippen molar-refractivity contribution >= 4 is 15.7 Å². The molecule has 1 saturated carbocycles. The topological polar surface area (TPSA) is 93.4 Å².